The lowest BCUT2D eigenvalue weighted by Gasteiger charge is -2.20. The highest BCUT2D eigenvalue weighted by atomic mass is 32.2. The SMILES string of the molecule is CSc1cc2c(cc1CNCc1ncn(C)n1)OCCO2. The zero-order valence-electron chi connectivity index (χ0n) is 12.1. The second-order valence-corrected chi connectivity index (χ2v) is 5.59. The van der Waals surface area contributed by atoms with Crippen LogP contribution in [-0.4, -0.2) is 34.2 Å². The normalized spacial score (nSPS) is 13.4. The monoisotopic (exact) mass is 306 g/mol. The van der Waals surface area contributed by atoms with Crippen LogP contribution in [0.1, 0.15) is 11.4 Å². The highest BCUT2D eigenvalue weighted by molar-refractivity contribution is 7.98. The van der Waals surface area contributed by atoms with E-state index in [0.29, 0.717) is 19.8 Å². The van der Waals surface area contributed by atoms with Crippen molar-refractivity contribution in [1.82, 2.24) is 20.1 Å². The Morgan fingerprint density at radius 3 is 2.67 bits per heavy atom. The van der Waals surface area contributed by atoms with E-state index in [1.807, 2.05) is 7.05 Å². The molecule has 0 aliphatic carbocycles. The quantitative estimate of drug-likeness (QED) is 0.847. The maximum atomic E-state index is 5.64. The van der Waals surface area contributed by atoms with Crippen LogP contribution in [0.2, 0.25) is 0 Å². The van der Waals surface area contributed by atoms with Gasteiger partial charge in [-0.1, -0.05) is 0 Å². The molecular weight excluding hydrogens is 288 g/mol. The molecule has 1 aromatic carbocycles. The summed E-state index contributed by atoms with van der Waals surface area (Å²) >= 11 is 1.71. The molecule has 112 valence electrons. The minimum absolute atomic E-state index is 0.607. The van der Waals surface area contributed by atoms with E-state index in [1.165, 1.54) is 10.5 Å². The Kier molecular flexibility index (Phi) is 4.31. The molecule has 0 spiro atoms. The van der Waals surface area contributed by atoms with Crippen molar-refractivity contribution < 1.29 is 9.47 Å². The van der Waals surface area contributed by atoms with Gasteiger partial charge in [-0.05, 0) is 24.0 Å². The fraction of sp³-hybridized carbons (Fsp3) is 0.429. The third-order valence-electron chi connectivity index (χ3n) is 3.19. The number of aromatic nitrogens is 3. The largest absolute Gasteiger partial charge is 0.486 e. The lowest BCUT2D eigenvalue weighted by atomic mass is 10.2. The van der Waals surface area contributed by atoms with Gasteiger partial charge >= 0.3 is 0 Å². The van der Waals surface area contributed by atoms with Crippen molar-refractivity contribution in [2.24, 2.45) is 7.05 Å². The average molecular weight is 306 g/mol. The maximum Gasteiger partial charge on any atom is 0.164 e. The number of hydrogen-bond donors (Lipinski definition) is 1. The third kappa shape index (κ3) is 3.30. The Labute approximate surface area is 127 Å². The van der Waals surface area contributed by atoms with Gasteiger partial charge in [0.25, 0.3) is 0 Å². The molecule has 0 unspecified atom stereocenters. The summed E-state index contributed by atoms with van der Waals surface area (Å²) in [6.07, 6.45) is 3.77. The number of ether oxygens (including phenoxy) is 2. The second-order valence-electron chi connectivity index (χ2n) is 4.75. The zero-order chi connectivity index (χ0) is 14.7. The van der Waals surface area contributed by atoms with Crippen LogP contribution in [0.4, 0.5) is 0 Å². The molecule has 21 heavy (non-hydrogen) atoms. The molecule has 6 nitrogen and oxygen atoms in total. The van der Waals surface area contributed by atoms with Crippen LogP contribution in [0.15, 0.2) is 23.4 Å². The van der Waals surface area contributed by atoms with Crippen molar-refractivity contribution >= 4 is 11.8 Å². The number of nitrogens with zero attached hydrogens (tertiary/aromatic N) is 3. The molecule has 3 rings (SSSR count). The highest BCUT2D eigenvalue weighted by Crippen LogP contribution is 2.36. The van der Waals surface area contributed by atoms with E-state index in [9.17, 15) is 0 Å². The number of rotatable bonds is 5. The van der Waals surface area contributed by atoms with Crippen molar-refractivity contribution in [1.29, 1.82) is 0 Å². The van der Waals surface area contributed by atoms with E-state index in [0.717, 1.165) is 23.9 Å². The summed E-state index contributed by atoms with van der Waals surface area (Å²) in [5.41, 5.74) is 1.20. The minimum atomic E-state index is 0.607. The van der Waals surface area contributed by atoms with E-state index >= 15 is 0 Å². The summed E-state index contributed by atoms with van der Waals surface area (Å²) in [5, 5.41) is 7.61. The van der Waals surface area contributed by atoms with Crippen molar-refractivity contribution in [3.05, 3.63) is 29.8 Å². The fourth-order valence-corrected chi connectivity index (χ4v) is 2.83. The molecule has 0 amide bonds. The van der Waals surface area contributed by atoms with Crippen LogP contribution >= 0.6 is 11.8 Å². The zero-order valence-corrected chi connectivity index (χ0v) is 12.9. The molecule has 1 N–H and O–H groups in total. The summed E-state index contributed by atoms with van der Waals surface area (Å²) in [4.78, 5) is 5.39. The van der Waals surface area contributed by atoms with Gasteiger partial charge in [0.1, 0.15) is 19.5 Å². The highest BCUT2D eigenvalue weighted by Gasteiger charge is 2.15. The second kappa shape index (κ2) is 6.36. The lowest BCUT2D eigenvalue weighted by molar-refractivity contribution is 0.171. The van der Waals surface area contributed by atoms with Gasteiger partial charge < -0.3 is 14.8 Å². The molecule has 0 bridgehead atoms. The van der Waals surface area contributed by atoms with Crippen molar-refractivity contribution in [3.8, 4) is 11.5 Å². The molecule has 7 heteroatoms. The number of fused-ring (bicyclic) bond motifs is 1. The number of hydrogen-bond acceptors (Lipinski definition) is 6. The smallest absolute Gasteiger partial charge is 0.164 e. The van der Waals surface area contributed by atoms with Crippen molar-refractivity contribution in [2.75, 3.05) is 19.5 Å². The Bertz CT molecular complexity index is 629. The Morgan fingerprint density at radius 1 is 1.24 bits per heavy atom. The molecule has 1 aliphatic rings. The van der Waals surface area contributed by atoms with Gasteiger partial charge in [-0.3, -0.25) is 4.68 Å². The molecule has 2 heterocycles. The first-order valence-corrected chi connectivity index (χ1v) is 8.00. The van der Waals surface area contributed by atoms with Crippen LogP contribution in [-0.2, 0) is 20.1 Å². The van der Waals surface area contributed by atoms with Gasteiger partial charge in [-0.15, -0.1) is 11.8 Å². The molecule has 0 fully saturated rings. The molecule has 0 atom stereocenters. The topological polar surface area (TPSA) is 61.2 Å². The first kappa shape index (κ1) is 14.2. The van der Waals surface area contributed by atoms with E-state index in [-0.39, 0.29) is 0 Å². The van der Waals surface area contributed by atoms with E-state index in [2.05, 4.69) is 33.8 Å². The van der Waals surface area contributed by atoms with E-state index in [4.69, 9.17) is 9.47 Å². The van der Waals surface area contributed by atoms with Gasteiger partial charge in [0.2, 0.25) is 0 Å². The van der Waals surface area contributed by atoms with Gasteiger partial charge in [0, 0.05) is 18.5 Å². The summed E-state index contributed by atoms with van der Waals surface area (Å²) in [5.74, 6) is 2.45. The summed E-state index contributed by atoms with van der Waals surface area (Å²) in [7, 11) is 1.86. The number of thioether (sulfide) groups is 1. The summed E-state index contributed by atoms with van der Waals surface area (Å²) in [6.45, 7) is 2.61. The van der Waals surface area contributed by atoms with Crippen LogP contribution in [0, 0.1) is 0 Å². The Balaban J connectivity index is 1.69. The van der Waals surface area contributed by atoms with Crippen LogP contribution in [0.25, 0.3) is 0 Å². The van der Waals surface area contributed by atoms with E-state index < -0.39 is 0 Å². The standard InChI is InChI=1S/C14H18N4O2S/c1-18-9-16-14(17-18)8-15-7-10-5-11-12(6-13(10)21-2)20-4-3-19-11/h5-6,9,15H,3-4,7-8H2,1-2H3. The van der Waals surface area contributed by atoms with E-state index in [1.54, 1.807) is 22.8 Å². The first-order chi connectivity index (χ1) is 10.3. The number of benzene rings is 1. The van der Waals surface area contributed by atoms with Crippen LogP contribution < -0.4 is 14.8 Å². The predicted molar refractivity (Wildman–Crippen MR) is 80.8 cm³/mol. The molecule has 0 saturated carbocycles. The van der Waals surface area contributed by atoms with Crippen LogP contribution in [0.3, 0.4) is 0 Å². The van der Waals surface area contributed by atoms with Gasteiger partial charge in [-0.2, -0.15) is 5.10 Å². The minimum Gasteiger partial charge on any atom is -0.486 e. The Morgan fingerprint density at radius 2 is 2.00 bits per heavy atom. The molecule has 0 saturated heterocycles. The average Bonchev–Trinajstić information content (AvgIpc) is 2.92. The molecule has 1 aliphatic heterocycles. The number of nitrogens with one attached hydrogen (secondary N) is 1. The molecule has 2 aromatic rings. The lowest BCUT2D eigenvalue weighted by Crippen LogP contribution is -2.18. The summed E-state index contributed by atoms with van der Waals surface area (Å²) < 4.78 is 13.0. The summed E-state index contributed by atoms with van der Waals surface area (Å²) in [6, 6.07) is 4.11. The predicted octanol–water partition coefficient (Wildman–Crippen LogP) is 1.60. The van der Waals surface area contributed by atoms with Crippen molar-refractivity contribution in [2.45, 2.75) is 18.0 Å². The maximum absolute atomic E-state index is 5.64. The van der Waals surface area contributed by atoms with Gasteiger partial charge in [0.05, 0.1) is 6.54 Å². The third-order valence-corrected chi connectivity index (χ3v) is 4.01. The molecular formula is C14H18N4O2S. The van der Waals surface area contributed by atoms with Crippen molar-refractivity contribution in [3.63, 3.8) is 0 Å². The van der Waals surface area contributed by atoms with Gasteiger partial charge in [0.15, 0.2) is 17.3 Å². The number of aryl methyl sites for hydroxylation is 1. The Hall–Kier alpha value is -1.73. The van der Waals surface area contributed by atoms with Gasteiger partial charge in [-0.25, -0.2) is 4.98 Å². The first-order valence-electron chi connectivity index (χ1n) is 6.78. The van der Waals surface area contributed by atoms with Crippen LogP contribution in [0.5, 0.6) is 11.5 Å². The molecule has 0 radical (unpaired) electrons. The fourth-order valence-electron chi connectivity index (χ4n) is 2.21. The molecule has 1 aromatic heterocycles.